The Morgan fingerprint density at radius 2 is 1.47 bits per heavy atom. The summed E-state index contributed by atoms with van der Waals surface area (Å²) in [5.41, 5.74) is 9.48. The molecule has 0 spiro atoms. The molecule has 0 radical (unpaired) electrons. The van der Waals surface area contributed by atoms with Crippen LogP contribution in [0.4, 0.5) is 0 Å². The van der Waals surface area contributed by atoms with Gasteiger partial charge in [-0.05, 0) is 20.5 Å². The first-order chi connectivity index (χ1) is 6.86. The molecule has 0 bridgehead atoms. The van der Waals surface area contributed by atoms with Gasteiger partial charge in [-0.15, -0.1) is 0 Å². The highest BCUT2D eigenvalue weighted by Gasteiger charge is 2.20. The average Bonchev–Trinajstić information content (AvgIpc) is 2.27. The fraction of sp³-hybridized carbons (Fsp3) is 1.00. The largest absolute Gasteiger partial charge is 0.394 e. The molecule has 1 unspecified atom stereocenters. The van der Waals surface area contributed by atoms with Crippen LogP contribution in [0.2, 0.25) is 0 Å². The van der Waals surface area contributed by atoms with Gasteiger partial charge in [-0.2, -0.15) is 0 Å². The van der Waals surface area contributed by atoms with E-state index in [1.165, 1.54) is 0 Å². The van der Waals surface area contributed by atoms with Crippen molar-refractivity contribution < 1.29 is 15.3 Å². The fourth-order valence-electron chi connectivity index (χ4n) is 0.515. The maximum atomic E-state index is 8.34. The average molecular weight is 223 g/mol. The second kappa shape index (κ2) is 9.02. The second-order valence-electron chi connectivity index (χ2n) is 3.78. The van der Waals surface area contributed by atoms with Crippen molar-refractivity contribution in [3.63, 3.8) is 0 Å². The Kier molecular flexibility index (Phi) is 10.3. The lowest BCUT2D eigenvalue weighted by Crippen LogP contribution is -2.50. The van der Waals surface area contributed by atoms with Gasteiger partial charge in [-0.25, -0.2) is 0 Å². The smallest absolute Gasteiger partial charge is 0.0856 e. The van der Waals surface area contributed by atoms with E-state index >= 15 is 0 Å². The molecule has 0 aliphatic rings. The monoisotopic (exact) mass is 223 g/mol. The molecule has 0 aromatic rings. The third-order valence-electron chi connectivity index (χ3n) is 2.03. The SMILES string of the molecule is CCC(N)N(C)C.NC(CO)(CO)CO. The molecule has 0 aliphatic carbocycles. The summed E-state index contributed by atoms with van der Waals surface area (Å²) in [6.07, 6.45) is 1.26. The lowest BCUT2D eigenvalue weighted by molar-refractivity contribution is 0.0698. The summed E-state index contributed by atoms with van der Waals surface area (Å²) >= 11 is 0. The minimum absolute atomic E-state index is 0.236. The fourth-order valence-corrected chi connectivity index (χ4v) is 0.515. The molecular formula is C9H25N3O3. The van der Waals surface area contributed by atoms with Gasteiger partial charge in [0.1, 0.15) is 0 Å². The van der Waals surface area contributed by atoms with E-state index in [-0.39, 0.29) is 6.17 Å². The molecule has 0 aromatic heterocycles. The number of hydrogen-bond donors (Lipinski definition) is 5. The number of nitrogens with zero attached hydrogens (tertiary/aromatic N) is 1. The summed E-state index contributed by atoms with van der Waals surface area (Å²) in [7, 11) is 3.96. The summed E-state index contributed by atoms with van der Waals surface area (Å²) in [6.45, 7) is 0.866. The summed E-state index contributed by atoms with van der Waals surface area (Å²) in [5, 5.41) is 25.0. The van der Waals surface area contributed by atoms with Crippen molar-refractivity contribution in [2.24, 2.45) is 11.5 Å². The van der Waals surface area contributed by atoms with E-state index in [1.54, 1.807) is 0 Å². The molecule has 0 heterocycles. The summed E-state index contributed by atoms with van der Waals surface area (Å²) in [6, 6.07) is 0. The molecular weight excluding hydrogens is 198 g/mol. The molecule has 0 rings (SSSR count). The lowest BCUT2D eigenvalue weighted by Gasteiger charge is -2.20. The van der Waals surface area contributed by atoms with Crippen LogP contribution in [-0.4, -0.2) is 65.8 Å². The molecule has 0 fully saturated rings. The van der Waals surface area contributed by atoms with Crippen LogP contribution < -0.4 is 11.5 Å². The van der Waals surface area contributed by atoms with Crippen LogP contribution in [0.3, 0.4) is 0 Å². The first kappa shape index (κ1) is 17.2. The van der Waals surface area contributed by atoms with E-state index in [4.69, 9.17) is 26.8 Å². The van der Waals surface area contributed by atoms with Crippen LogP contribution in [0.25, 0.3) is 0 Å². The van der Waals surface area contributed by atoms with Gasteiger partial charge >= 0.3 is 0 Å². The molecule has 0 amide bonds. The molecule has 1 atom stereocenters. The van der Waals surface area contributed by atoms with Crippen LogP contribution >= 0.6 is 0 Å². The van der Waals surface area contributed by atoms with E-state index in [0.29, 0.717) is 0 Å². The van der Waals surface area contributed by atoms with Gasteiger partial charge in [0.25, 0.3) is 0 Å². The first-order valence-electron chi connectivity index (χ1n) is 4.90. The summed E-state index contributed by atoms with van der Waals surface area (Å²) in [4.78, 5) is 2.00. The Morgan fingerprint density at radius 1 is 1.13 bits per heavy atom. The number of rotatable bonds is 5. The summed E-state index contributed by atoms with van der Waals surface area (Å²) in [5.74, 6) is 0. The Balaban J connectivity index is 0. The van der Waals surface area contributed by atoms with E-state index in [9.17, 15) is 0 Å². The van der Waals surface area contributed by atoms with Gasteiger partial charge < -0.3 is 26.8 Å². The van der Waals surface area contributed by atoms with Crippen molar-refractivity contribution in [1.82, 2.24) is 4.90 Å². The van der Waals surface area contributed by atoms with E-state index in [0.717, 1.165) is 6.42 Å². The van der Waals surface area contributed by atoms with Crippen LogP contribution in [0.1, 0.15) is 13.3 Å². The quantitative estimate of drug-likeness (QED) is 0.341. The highest BCUT2D eigenvalue weighted by atomic mass is 16.3. The van der Waals surface area contributed by atoms with E-state index < -0.39 is 25.4 Å². The molecule has 94 valence electrons. The zero-order valence-electron chi connectivity index (χ0n) is 9.85. The van der Waals surface area contributed by atoms with Crippen LogP contribution in [0.15, 0.2) is 0 Å². The van der Waals surface area contributed by atoms with Crippen molar-refractivity contribution in [2.75, 3.05) is 33.9 Å². The van der Waals surface area contributed by atoms with Gasteiger partial charge in [0, 0.05) is 0 Å². The van der Waals surface area contributed by atoms with Gasteiger partial charge in [-0.1, -0.05) is 6.92 Å². The Hall–Kier alpha value is -0.240. The number of aliphatic hydroxyl groups excluding tert-OH is 3. The van der Waals surface area contributed by atoms with Crippen LogP contribution in [0.5, 0.6) is 0 Å². The molecule has 0 aromatic carbocycles. The van der Waals surface area contributed by atoms with Crippen molar-refractivity contribution >= 4 is 0 Å². The molecule has 0 saturated heterocycles. The third kappa shape index (κ3) is 8.73. The van der Waals surface area contributed by atoms with Gasteiger partial charge in [-0.3, -0.25) is 4.90 Å². The predicted molar refractivity (Wildman–Crippen MR) is 60.1 cm³/mol. The Labute approximate surface area is 91.5 Å². The highest BCUT2D eigenvalue weighted by Crippen LogP contribution is 1.93. The van der Waals surface area contributed by atoms with Crippen molar-refractivity contribution in [1.29, 1.82) is 0 Å². The van der Waals surface area contributed by atoms with E-state index in [2.05, 4.69) is 6.92 Å². The van der Waals surface area contributed by atoms with Crippen LogP contribution in [0, 0.1) is 0 Å². The number of hydrogen-bond acceptors (Lipinski definition) is 6. The first-order valence-corrected chi connectivity index (χ1v) is 4.90. The van der Waals surface area contributed by atoms with Crippen molar-refractivity contribution in [3.05, 3.63) is 0 Å². The minimum atomic E-state index is -1.21. The normalized spacial score (nSPS) is 13.4. The van der Waals surface area contributed by atoms with Crippen molar-refractivity contribution in [2.45, 2.75) is 25.0 Å². The summed E-state index contributed by atoms with van der Waals surface area (Å²) < 4.78 is 0. The topological polar surface area (TPSA) is 116 Å². The third-order valence-corrected chi connectivity index (χ3v) is 2.03. The Bertz CT molecular complexity index is 132. The molecule has 0 aliphatic heterocycles. The molecule has 6 nitrogen and oxygen atoms in total. The van der Waals surface area contributed by atoms with Crippen LogP contribution in [-0.2, 0) is 0 Å². The maximum absolute atomic E-state index is 8.34. The van der Waals surface area contributed by atoms with E-state index in [1.807, 2.05) is 19.0 Å². The van der Waals surface area contributed by atoms with Crippen molar-refractivity contribution in [3.8, 4) is 0 Å². The van der Waals surface area contributed by atoms with Gasteiger partial charge in [0.2, 0.25) is 0 Å². The molecule has 7 N–H and O–H groups in total. The number of aliphatic hydroxyl groups is 3. The lowest BCUT2D eigenvalue weighted by atomic mass is 10.1. The standard InChI is InChI=1S/C5H14N2.C4H11NO3/c1-4-5(6)7(2)3;5-4(1-6,2-7)3-8/h5H,4,6H2,1-3H3;6-8H,1-3,5H2. The molecule has 0 saturated carbocycles. The molecule has 6 heteroatoms. The predicted octanol–water partition coefficient (Wildman–Crippen LogP) is -2.10. The zero-order valence-corrected chi connectivity index (χ0v) is 9.85. The maximum Gasteiger partial charge on any atom is 0.0856 e. The minimum Gasteiger partial charge on any atom is -0.394 e. The van der Waals surface area contributed by atoms with Gasteiger partial charge in [0.05, 0.1) is 31.5 Å². The molecule has 15 heavy (non-hydrogen) atoms. The second-order valence-corrected chi connectivity index (χ2v) is 3.78. The Morgan fingerprint density at radius 3 is 1.47 bits per heavy atom. The van der Waals surface area contributed by atoms with Gasteiger partial charge in [0.15, 0.2) is 0 Å². The number of nitrogens with two attached hydrogens (primary N) is 2. The highest BCUT2D eigenvalue weighted by molar-refractivity contribution is 4.80. The zero-order chi connectivity index (χ0) is 12.5.